The zero-order valence-corrected chi connectivity index (χ0v) is 12.0. The van der Waals surface area contributed by atoms with E-state index in [0.29, 0.717) is 17.1 Å². The third kappa shape index (κ3) is 3.38. The van der Waals surface area contributed by atoms with Gasteiger partial charge in [-0.05, 0) is 24.6 Å². The standard InChI is InChI=1S/C14H16N2O2S/c1-10-4-5-12(14(6-10)18-3)13(17)9-19-11-7-15-16(2)8-11/h4-8H,9H2,1-3H3. The summed E-state index contributed by atoms with van der Waals surface area (Å²) in [5, 5.41) is 4.07. The molecule has 4 nitrogen and oxygen atoms in total. The molecule has 0 aliphatic heterocycles. The van der Waals surface area contributed by atoms with Crippen molar-refractivity contribution in [2.75, 3.05) is 12.9 Å². The van der Waals surface area contributed by atoms with E-state index in [4.69, 9.17) is 4.74 Å². The number of hydrogen-bond acceptors (Lipinski definition) is 4. The lowest BCUT2D eigenvalue weighted by molar-refractivity contribution is 0.101. The summed E-state index contributed by atoms with van der Waals surface area (Å²) in [4.78, 5) is 13.2. The highest BCUT2D eigenvalue weighted by Crippen LogP contribution is 2.24. The minimum absolute atomic E-state index is 0.0608. The molecule has 0 unspecified atom stereocenters. The van der Waals surface area contributed by atoms with Gasteiger partial charge >= 0.3 is 0 Å². The molecule has 0 spiro atoms. The lowest BCUT2D eigenvalue weighted by Gasteiger charge is -2.08. The van der Waals surface area contributed by atoms with Crippen LogP contribution in [0.25, 0.3) is 0 Å². The Balaban J connectivity index is 2.07. The number of rotatable bonds is 5. The van der Waals surface area contributed by atoms with Crippen molar-refractivity contribution in [3.8, 4) is 5.75 Å². The molecule has 0 aliphatic rings. The monoisotopic (exact) mass is 276 g/mol. The van der Waals surface area contributed by atoms with E-state index in [1.165, 1.54) is 11.8 Å². The molecule has 0 aliphatic carbocycles. The van der Waals surface area contributed by atoms with Gasteiger partial charge in [0.1, 0.15) is 5.75 Å². The van der Waals surface area contributed by atoms with Gasteiger partial charge in [0.05, 0.1) is 24.6 Å². The molecule has 1 aromatic heterocycles. The molecule has 5 heteroatoms. The van der Waals surface area contributed by atoms with Gasteiger partial charge < -0.3 is 4.74 Å². The zero-order valence-electron chi connectivity index (χ0n) is 11.2. The van der Waals surface area contributed by atoms with Gasteiger partial charge in [0.2, 0.25) is 0 Å². The van der Waals surface area contributed by atoms with Crippen LogP contribution in [0.4, 0.5) is 0 Å². The zero-order chi connectivity index (χ0) is 13.8. The lowest BCUT2D eigenvalue weighted by Crippen LogP contribution is -2.05. The summed E-state index contributed by atoms with van der Waals surface area (Å²) in [6, 6.07) is 5.62. The second-order valence-corrected chi connectivity index (χ2v) is 5.31. The number of benzene rings is 1. The lowest BCUT2D eigenvalue weighted by atomic mass is 10.1. The molecule has 2 rings (SSSR count). The molecule has 0 N–H and O–H groups in total. The number of hydrogen-bond donors (Lipinski definition) is 0. The molecule has 0 saturated carbocycles. The van der Waals surface area contributed by atoms with Gasteiger partial charge in [-0.15, -0.1) is 11.8 Å². The highest BCUT2D eigenvalue weighted by atomic mass is 32.2. The largest absolute Gasteiger partial charge is 0.496 e. The molecular formula is C14H16N2O2S. The minimum atomic E-state index is 0.0608. The van der Waals surface area contributed by atoms with Crippen LogP contribution in [0.1, 0.15) is 15.9 Å². The molecule has 100 valence electrons. The van der Waals surface area contributed by atoms with Crippen molar-refractivity contribution in [2.45, 2.75) is 11.8 Å². The van der Waals surface area contributed by atoms with E-state index >= 15 is 0 Å². The van der Waals surface area contributed by atoms with Gasteiger partial charge in [-0.3, -0.25) is 9.48 Å². The van der Waals surface area contributed by atoms with Gasteiger partial charge in [0.15, 0.2) is 5.78 Å². The van der Waals surface area contributed by atoms with Gasteiger partial charge in [0.25, 0.3) is 0 Å². The highest BCUT2D eigenvalue weighted by molar-refractivity contribution is 8.00. The average Bonchev–Trinajstić information content (AvgIpc) is 2.81. The Morgan fingerprint density at radius 1 is 1.47 bits per heavy atom. The van der Waals surface area contributed by atoms with Crippen LogP contribution in [0.15, 0.2) is 35.5 Å². The number of carbonyl (C=O) groups excluding carboxylic acids is 1. The summed E-state index contributed by atoms with van der Waals surface area (Å²) >= 11 is 1.48. The second-order valence-electron chi connectivity index (χ2n) is 4.27. The SMILES string of the molecule is COc1cc(C)ccc1C(=O)CSc1cnn(C)c1. The first-order chi connectivity index (χ1) is 9.10. The molecule has 0 amide bonds. The quantitative estimate of drug-likeness (QED) is 0.622. The maximum absolute atomic E-state index is 12.2. The summed E-state index contributed by atoms with van der Waals surface area (Å²) in [7, 11) is 3.44. The first-order valence-corrected chi connectivity index (χ1v) is 6.88. The Kier molecular flexibility index (Phi) is 4.27. The molecular weight excluding hydrogens is 260 g/mol. The molecule has 19 heavy (non-hydrogen) atoms. The van der Waals surface area contributed by atoms with E-state index < -0.39 is 0 Å². The number of carbonyl (C=O) groups is 1. The van der Waals surface area contributed by atoms with Crippen LogP contribution in [-0.2, 0) is 7.05 Å². The van der Waals surface area contributed by atoms with Gasteiger partial charge in [-0.1, -0.05) is 6.07 Å². The molecule has 0 fully saturated rings. The summed E-state index contributed by atoms with van der Waals surface area (Å²) < 4.78 is 6.98. The van der Waals surface area contributed by atoms with Crippen molar-refractivity contribution in [3.63, 3.8) is 0 Å². The topological polar surface area (TPSA) is 44.1 Å². The summed E-state index contributed by atoms with van der Waals surface area (Å²) in [5.74, 6) is 1.08. The van der Waals surface area contributed by atoms with Crippen molar-refractivity contribution in [2.24, 2.45) is 7.05 Å². The van der Waals surface area contributed by atoms with Crippen molar-refractivity contribution in [1.82, 2.24) is 9.78 Å². The molecule has 0 radical (unpaired) electrons. The number of aromatic nitrogens is 2. The van der Waals surface area contributed by atoms with Crippen LogP contribution in [0.2, 0.25) is 0 Å². The van der Waals surface area contributed by atoms with E-state index in [-0.39, 0.29) is 5.78 Å². The number of ether oxygens (including phenoxy) is 1. The molecule has 0 bridgehead atoms. The first kappa shape index (κ1) is 13.7. The maximum Gasteiger partial charge on any atom is 0.176 e. The fourth-order valence-corrected chi connectivity index (χ4v) is 2.53. The smallest absolute Gasteiger partial charge is 0.176 e. The maximum atomic E-state index is 12.2. The van der Waals surface area contributed by atoms with Crippen molar-refractivity contribution < 1.29 is 9.53 Å². The number of thioether (sulfide) groups is 1. The number of aryl methyl sites for hydroxylation is 2. The fraction of sp³-hybridized carbons (Fsp3) is 0.286. The van der Waals surface area contributed by atoms with Crippen LogP contribution in [0.5, 0.6) is 5.75 Å². The normalized spacial score (nSPS) is 10.5. The average molecular weight is 276 g/mol. The Hall–Kier alpha value is -1.75. The van der Waals surface area contributed by atoms with Crippen LogP contribution < -0.4 is 4.74 Å². The number of methoxy groups -OCH3 is 1. The third-order valence-corrected chi connectivity index (χ3v) is 3.66. The second kappa shape index (κ2) is 5.93. The fourth-order valence-electron chi connectivity index (χ4n) is 1.73. The molecule has 1 aromatic carbocycles. The van der Waals surface area contributed by atoms with Crippen molar-refractivity contribution in [1.29, 1.82) is 0 Å². The first-order valence-electron chi connectivity index (χ1n) is 5.89. The van der Waals surface area contributed by atoms with Crippen LogP contribution in [-0.4, -0.2) is 28.4 Å². The predicted molar refractivity (Wildman–Crippen MR) is 76.0 cm³/mol. The Bertz CT molecular complexity index is 593. The number of ketones is 1. The van der Waals surface area contributed by atoms with E-state index in [0.717, 1.165) is 10.5 Å². The summed E-state index contributed by atoms with van der Waals surface area (Å²) in [6.45, 7) is 1.97. The Labute approximate surface area is 116 Å². The van der Waals surface area contributed by atoms with Crippen LogP contribution in [0, 0.1) is 6.92 Å². The van der Waals surface area contributed by atoms with Crippen LogP contribution >= 0.6 is 11.8 Å². The Morgan fingerprint density at radius 3 is 2.89 bits per heavy atom. The summed E-state index contributed by atoms with van der Waals surface area (Å²) in [5.41, 5.74) is 1.71. The van der Waals surface area contributed by atoms with Crippen molar-refractivity contribution >= 4 is 17.5 Å². The summed E-state index contributed by atoms with van der Waals surface area (Å²) in [6.07, 6.45) is 3.65. The van der Waals surface area contributed by atoms with Crippen molar-refractivity contribution in [3.05, 3.63) is 41.7 Å². The molecule has 2 aromatic rings. The van der Waals surface area contributed by atoms with E-state index in [1.807, 2.05) is 38.4 Å². The Morgan fingerprint density at radius 2 is 2.26 bits per heavy atom. The highest BCUT2D eigenvalue weighted by Gasteiger charge is 2.13. The van der Waals surface area contributed by atoms with Gasteiger partial charge in [-0.25, -0.2) is 0 Å². The third-order valence-electron chi connectivity index (χ3n) is 2.71. The number of nitrogens with zero attached hydrogens (tertiary/aromatic N) is 2. The minimum Gasteiger partial charge on any atom is -0.496 e. The molecule has 0 saturated heterocycles. The van der Waals surface area contributed by atoms with Crippen LogP contribution in [0.3, 0.4) is 0 Å². The molecule has 0 atom stereocenters. The molecule has 1 heterocycles. The number of Topliss-reactive ketones (excluding diaryl/α,β-unsaturated/α-hetero) is 1. The van der Waals surface area contributed by atoms with E-state index in [9.17, 15) is 4.79 Å². The van der Waals surface area contributed by atoms with Gasteiger partial charge in [-0.2, -0.15) is 5.10 Å². The predicted octanol–water partition coefficient (Wildman–Crippen LogP) is 2.71. The van der Waals surface area contributed by atoms with E-state index in [2.05, 4.69) is 5.10 Å². The van der Waals surface area contributed by atoms with Gasteiger partial charge in [0, 0.05) is 18.1 Å². The van der Waals surface area contributed by atoms with E-state index in [1.54, 1.807) is 18.0 Å².